The average Bonchev–Trinajstić information content (AvgIpc) is 3.32. The zero-order valence-electron chi connectivity index (χ0n) is 13.3. The van der Waals surface area contributed by atoms with Gasteiger partial charge in [0.05, 0.1) is 24.9 Å². The number of nitrogens with one attached hydrogen (secondary N) is 1. The number of nitrogens with two attached hydrogens (primary N) is 1. The molecule has 1 aliphatic carbocycles. The normalized spacial score (nSPS) is 19.8. The fourth-order valence-corrected chi connectivity index (χ4v) is 3.63. The molecule has 0 amide bonds. The number of para-hydroxylation sites is 1. The number of benzene rings is 1. The molecular weight excluding hydrogens is 435 g/mol. The molecule has 3 N–H and O–H groups in total. The largest absolute Gasteiger partial charge is 0.493 e. The van der Waals surface area contributed by atoms with Gasteiger partial charge >= 0.3 is 0 Å². The van der Waals surface area contributed by atoms with Crippen molar-refractivity contribution in [3.8, 4) is 5.75 Å². The summed E-state index contributed by atoms with van der Waals surface area (Å²) in [5.41, 5.74) is 8.43. The highest BCUT2D eigenvalue weighted by Crippen LogP contribution is 2.40. The number of guanidine groups is 1. The number of hydrogen-bond donors (Lipinski definition) is 2. The quantitative estimate of drug-likeness (QED) is 0.419. The topological polar surface area (TPSA) is 72.5 Å². The monoisotopic (exact) mass is 456 g/mol. The van der Waals surface area contributed by atoms with Crippen molar-refractivity contribution in [3.05, 3.63) is 45.9 Å². The van der Waals surface area contributed by atoms with Gasteiger partial charge in [0.25, 0.3) is 0 Å². The van der Waals surface area contributed by atoms with Gasteiger partial charge in [0.15, 0.2) is 5.96 Å². The van der Waals surface area contributed by atoms with Gasteiger partial charge in [-0.3, -0.25) is 0 Å². The highest BCUT2D eigenvalue weighted by molar-refractivity contribution is 14.0. The summed E-state index contributed by atoms with van der Waals surface area (Å²) >= 11 is 1.67. The Balaban J connectivity index is 0.00000169. The standard InChI is InChI=1S/C17H20N4OS.HI/c18-17(19-9-16-20-14(10-23-16)11-5-6-11)21-13-7-8-22-15-4-2-1-3-12(13)15;/h1-4,10-11,13H,5-9H2,(H3,18,19,21);1H. The molecule has 0 saturated heterocycles. The summed E-state index contributed by atoms with van der Waals surface area (Å²) in [4.78, 5) is 9.08. The summed E-state index contributed by atoms with van der Waals surface area (Å²) in [6, 6.07) is 8.22. The molecule has 1 aromatic heterocycles. The van der Waals surface area contributed by atoms with Crippen molar-refractivity contribution in [1.29, 1.82) is 0 Å². The Morgan fingerprint density at radius 3 is 3.00 bits per heavy atom. The van der Waals surface area contributed by atoms with E-state index in [0.29, 0.717) is 25.0 Å². The summed E-state index contributed by atoms with van der Waals surface area (Å²) in [5, 5.41) is 6.50. The van der Waals surface area contributed by atoms with Crippen LogP contribution in [0.1, 0.15) is 47.5 Å². The maximum absolute atomic E-state index is 6.06. The summed E-state index contributed by atoms with van der Waals surface area (Å²) in [6.45, 7) is 1.24. The van der Waals surface area contributed by atoms with Crippen LogP contribution in [0, 0.1) is 0 Å². The maximum atomic E-state index is 6.06. The molecule has 2 aliphatic rings. The minimum Gasteiger partial charge on any atom is -0.493 e. The number of rotatable bonds is 4. The first-order valence-electron chi connectivity index (χ1n) is 8.02. The Morgan fingerprint density at radius 2 is 2.17 bits per heavy atom. The molecule has 2 heterocycles. The molecule has 7 heteroatoms. The Kier molecular flexibility index (Phi) is 5.60. The fraction of sp³-hybridized carbons (Fsp3) is 0.412. The molecule has 0 spiro atoms. The van der Waals surface area contributed by atoms with Gasteiger partial charge in [-0.05, 0) is 18.9 Å². The molecule has 1 atom stereocenters. The van der Waals surface area contributed by atoms with Crippen molar-refractivity contribution in [1.82, 2.24) is 10.3 Å². The Bertz CT molecular complexity index is 729. The molecule has 1 aliphatic heterocycles. The van der Waals surface area contributed by atoms with Crippen molar-refractivity contribution < 1.29 is 4.74 Å². The smallest absolute Gasteiger partial charge is 0.189 e. The molecule has 1 fully saturated rings. The zero-order valence-corrected chi connectivity index (χ0v) is 16.4. The zero-order chi connectivity index (χ0) is 15.6. The van der Waals surface area contributed by atoms with E-state index in [4.69, 9.17) is 10.5 Å². The molecular formula is C17H21IN4OS. The summed E-state index contributed by atoms with van der Waals surface area (Å²) < 4.78 is 5.67. The second-order valence-electron chi connectivity index (χ2n) is 6.01. The van der Waals surface area contributed by atoms with Gasteiger partial charge in [0.1, 0.15) is 10.8 Å². The van der Waals surface area contributed by atoms with Crippen molar-refractivity contribution in [2.45, 2.75) is 37.8 Å². The molecule has 24 heavy (non-hydrogen) atoms. The van der Waals surface area contributed by atoms with Crippen LogP contribution in [0.25, 0.3) is 0 Å². The van der Waals surface area contributed by atoms with Crippen LogP contribution in [-0.2, 0) is 6.54 Å². The molecule has 2 aromatic rings. The van der Waals surface area contributed by atoms with Crippen LogP contribution >= 0.6 is 35.3 Å². The van der Waals surface area contributed by atoms with Gasteiger partial charge in [-0.1, -0.05) is 18.2 Å². The first-order chi connectivity index (χ1) is 11.3. The van der Waals surface area contributed by atoms with Gasteiger partial charge in [-0.2, -0.15) is 0 Å². The summed E-state index contributed by atoms with van der Waals surface area (Å²) in [5.74, 6) is 2.09. The van der Waals surface area contributed by atoms with Crippen molar-refractivity contribution in [2.24, 2.45) is 10.7 Å². The predicted molar refractivity (Wildman–Crippen MR) is 107 cm³/mol. The molecule has 4 rings (SSSR count). The van der Waals surface area contributed by atoms with Crippen LogP contribution in [0.5, 0.6) is 5.75 Å². The third-order valence-electron chi connectivity index (χ3n) is 4.23. The average molecular weight is 456 g/mol. The Hall–Kier alpha value is -1.35. The van der Waals surface area contributed by atoms with E-state index in [1.54, 1.807) is 11.3 Å². The summed E-state index contributed by atoms with van der Waals surface area (Å²) in [7, 11) is 0. The SMILES string of the molecule is I.NC(=NCc1nc(C2CC2)cs1)NC1CCOc2ccccc21. The molecule has 0 radical (unpaired) electrons. The first kappa shape index (κ1) is 17.5. The van der Waals surface area contributed by atoms with Crippen LogP contribution in [0.4, 0.5) is 0 Å². The maximum Gasteiger partial charge on any atom is 0.189 e. The highest BCUT2D eigenvalue weighted by Gasteiger charge is 2.26. The van der Waals surface area contributed by atoms with Crippen molar-refractivity contribution >= 4 is 41.3 Å². The lowest BCUT2D eigenvalue weighted by molar-refractivity contribution is 0.262. The number of hydrogen-bond acceptors (Lipinski definition) is 4. The van der Waals surface area contributed by atoms with Crippen LogP contribution in [0.15, 0.2) is 34.6 Å². The number of aliphatic imine (C=N–C) groups is 1. The van der Waals surface area contributed by atoms with Crippen LogP contribution in [0.3, 0.4) is 0 Å². The second-order valence-corrected chi connectivity index (χ2v) is 6.96. The van der Waals surface area contributed by atoms with Gasteiger partial charge in [-0.15, -0.1) is 35.3 Å². The molecule has 1 aromatic carbocycles. The van der Waals surface area contributed by atoms with E-state index in [1.165, 1.54) is 18.5 Å². The Morgan fingerprint density at radius 1 is 1.33 bits per heavy atom. The summed E-state index contributed by atoms with van der Waals surface area (Å²) in [6.07, 6.45) is 3.44. The molecule has 5 nitrogen and oxygen atoms in total. The van der Waals surface area contributed by atoms with Gasteiger partial charge in [0, 0.05) is 23.3 Å². The lowest BCUT2D eigenvalue weighted by atomic mass is 10.0. The predicted octanol–water partition coefficient (Wildman–Crippen LogP) is 3.57. The van der Waals surface area contributed by atoms with E-state index in [-0.39, 0.29) is 30.0 Å². The van der Waals surface area contributed by atoms with Crippen LogP contribution in [-0.4, -0.2) is 17.6 Å². The minimum atomic E-state index is 0. The third kappa shape index (κ3) is 4.00. The van der Waals surface area contributed by atoms with Crippen molar-refractivity contribution in [3.63, 3.8) is 0 Å². The molecule has 1 saturated carbocycles. The number of nitrogens with zero attached hydrogens (tertiary/aromatic N) is 2. The van der Waals surface area contributed by atoms with E-state index in [2.05, 4.69) is 26.7 Å². The number of thiazole rings is 1. The van der Waals surface area contributed by atoms with Gasteiger partial charge < -0.3 is 15.8 Å². The molecule has 128 valence electrons. The third-order valence-corrected chi connectivity index (χ3v) is 5.08. The van der Waals surface area contributed by atoms with E-state index in [1.807, 2.05) is 18.2 Å². The number of aromatic nitrogens is 1. The fourth-order valence-electron chi connectivity index (χ4n) is 2.83. The number of fused-ring (bicyclic) bond motifs is 1. The van der Waals surface area contributed by atoms with Crippen LogP contribution in [0.2, 0.25) is 0 Å². The lowest BCUT2D eigenvalue weighted by Gasteiger charge is -2.26. The van der Waals surface area contributed by atoms with Crippen LogP contribution < -0.4 is 15.8 Å². The molecule has 1 unspecified atom stereocenters. The van der Waals surface area contributed by atoms with E-state index >= 15 is 0 Å². The minimum absolute atomic E-state index is 0. The molecule has 0 bridgehead atoms. The number of halogens is 1. The van der Waals surface area contributed by atoms with Crippen molar-refractivity contribution in [2.75, 3.05) is 6.61 Å². The highest BCUT2D eigenvalue weighted by atomic mass is 127. The second kappa shape index (κ2) is 7.69. The Labute approximate surface area is 162 Å². The number of ether oxygens (including phenoxy) is 1. The van der Waals surface area contributed by atoms with E-state index in [9.17, 15) is 0 Å². The van der Waals surface area contributed by atoms with Gasteiger partial charge in [0.2, 0.25) is 0 Å². The van der Waals surface area contributed by atoms with E-state index < -0.39 is 0 Å². The van der Waals surface area contributed by atoms with E-state index in [0.717, 1.165) is 22.7 Å². The van der Waals surface area contributed by atoms with Gasteiger partial charge in [-0.25, -0.2) is 9.98 Å². The lowest BCUT2D eigenvalue weighted by Crippen LogP contribution is -2.37. The first-order valence-corrected chi connectivity index (χ1v) is 8.90.